The van der Waals surface area contributed by atoms with E-state index in [1.807, 2.05) is 26.8 Å². The van der Waals surface area contributed by atoms with Crippen LogP contribution in [0.4, 0.5) is 0 Å². The van der Waals surface area contributed by atoms with Gasteiger partial charge in [-0.1, -0.05) is 24.6 Å². The van der Waals surface area contributed by atoms with Gasteiger partial charge in [-0.15, -0.1) is 0 Å². The van der Waals surface area contributed by atoms with Gasteiger partial charge in [-0.2, -0.15) is 0 Å². The number of rotatable bonds is 4. The molecule has 0 spiro atoms. The second kappa shape index (κ2) is 5.81. The molecular weight excluding hydrogens is 228 g/mol. The summed E-state index contributed by atoms with van der Waals surface area (Å²) < 4.78 is 0. The predicted octanol–water partition coefficient (Wildman–Crippen LogP) is 2.24. The van der Waals surface area contributed by atoms with Crippen molar-refractivity contribution in [3.8, 4) is 0 Å². The highest BCUT2D eigenvalue weighted by atomic mass is 16.3. The Morgan fingerprint density at radius 3 is 2.67 bits per heavy atom. The topological polar surface area (TPSA) is 57.5 Å². The molecule has 2 N–H and O–H groups in total. The molecule has 1 aliphatic rings. The summed E-state index contributed by atoms with van der Waals surface area (Å²) in [6.07, 6.45) is 5.46. The van der Waals surface area contributed by atoms with Crippen molar-refractivity contribution in [3.63, 3.8) is 0 Å². The van der Waals surface area contributed by atoms with Crippen molar-refractivity contribution >= 4 is 5.78 Å². The molecule has 18 heavy (non-hydrogen) atoms. The van der Waals surface area contributed by atoms with Gasteiger partial charge >= 0.3 is 0 Å². The lowest BCUT2D eigenvalue weighted by Crippen LogP contribution is -2.42. The summed E-state index contributed by atoms with van der Waals surface area (Å²) in [6, 6.07) is 0. The molecule has 1 rings (SSSR count). The first-order valence-electron chi connectivity index (χ1n) is 6.50. The SMILES string of the molecule is CC(C)=CC(=O)C[C@H](C)[C@@H]1C=C[C@@](C)(O)[C@@H](O)C1. The first kappa shape index (κ1) is 15.1. The number of hydrogen-bond acceptors (Lipinski definition) is 3. The third-order valence-electron chi connectivity index (χ3n) is 3.55. The van der Waals surface area contributed by atoms with Gasteiger partial charge in [-0.25, -0.2) is 0 Å². The van der Waals surface area contributed by atoms with Crippen LogP contribution in [0.25, 0.3) is 0 Å². The Morgan fingerprint density at radius 1 is 1.56 bits per heavy atom. The molecule has 0 radical (unpaired) electrons. The fourth-order valence-electron chi connectivity index (χ4n) is 2.28. The van der Waals surface area contributed by atoms with E-state index in [9.17, 15) is 15.0 Å². The second-order valence-corrected chi connectivity index (χ2v) is 5.87. The van der Waals surface area contributed by atoms with E-state index in [1.165, 1.54) is 0 Å². The first-order valence-corrected chi connectivity index (χ1v) is 6.50. The van der Waals surface area contributed by atoms with Crippen molar-refractivity contribution in [2.24, 2.45) is 11.8 Å². The summed E-state index contributed by atoms with van der Waals surface area (Å²) in [7, 11) is 0. The summed E-state index contributed by atoms with van der Waals surface area (Å²) in [5, 5.41) is 19.7. The Morgan fingerprint density at radius 2 is 2.17 bits per heavy atom. The van der Waals surface area contributed by atoms with Gasteiger partial charge in [0, 0.05) is 6.42 Å². The number of aliphatic hydroxyl groups excluding tert-OH is 1. The number of carbonyl (C=O) groups is 1. The van der Waals surface area contributed by atoms with Crippen LogP contribution in [0, 0.1) is 11.8 Å². The third kappa shape index (κ3) is 4.07. The highest BCUT2D eigenvalue weighted by molar-refractivity contribution is 5.90. The molecule has 4 atom stereocenters. The van der Waals surface area contributed by atoms with Crippen LogP contribution >= 0.6 is 0 Å². The van der Waals surface area contributed by atoms with E-state index in [4.69, 9.17) is 0 Å². The quantitative estimate of drug-likeness (QED) is 0.596. The molecule has 102 valence electrons. The number of allylic oxidation sites excluding steroid dienone is 3. The third-order valence-corrected chi connectivity index (χ3v) is 3.55. The van der Waals surface area contributed by atoms with Crippen LogP contribution in [0.2, 0.25) is 0 Å². The molecule has 0 unspecified atom stereocenters. The Hall–Kier alpha value is -0.930. The number of ketones is 1. The normalized spacial score (nSPS) is 33.0. The van der Waals surface area contributed by atoms with Gasteiger partial charge in [-0.3, -0.25) is 4.79 Å². The lowest BCUT2D eigenvalue weighted by molar-refractivity contribution is -0.115. The number of hydrogen-bond donors (Lipinski definition) is 2. The van der Waals surface area contributed by atoms with Crippen molar-refractivity contribution in [1.29, 1.82) is 0 Å². The molecule has 0 amide bonds. The Kier molecular flexibility index (Phi) is 4.88. The summed E-state index contributed by atoms with van der Waals surface area (Å²) >= 11 is 0. The summed E-state index contributed by atoms with van der Waals surface area (Å²) in [5.41, 5.74) is -0.130. The molecule has 0 heterocycles. The van der Waals surface area contributed by atoms with Gasteiger partial charge in [0.15, 0.2) is 5.78 Å². The van der Waals surface area contributed by atoms with Crippen molar-refractivity contribution in [3.05, 3.63) is 23.8 Å². The van der Waals surface area contributed by atoms with Crippen LogP contribution < -0.4 is 0 Å². The maximum atomic E-state index is 11.7. The number of aliphatic hydroxyl groups is 2. The highest BCUT2D eigenvalue weighted by Gasteiger charge is 2.34. The predicted molar refractivity (Wildman–Crippen MR) is 72.1 cm³/mol. The van der Waals surface area contributed by atoms with Gasteiger partial charge < -0.3 is 10.2 Å². The van der Waals surface area contributed by atoms with Gasteiger partial charge in [0.2, 0.25) is 0 Å². The van der Waals surface area contributed by atoms with E-state index < -0.39 is 11.7 Å². The van der Waals surface area contributed by atoms with Gasteiger partial charge in [-0.05, 0) is 45.1 Å². The zero-order valence-corrected chi connectivity index (χ0v) is 11.7. The molecule has 0 fully saturated rings. The summed E-state index contributed by atoms with van der Waals surface area (Å²) in [5.74, 6) is 0.451. The molecular formula is C15H24O3. The maximum absolute atomic E-state index is 11.7. The van der Waals surface area contributed by atoms with Crippen LogP contribution in [-0.4, -0.2) is 27.7 Å². The minimum atomic E-state index is -1.14. The molecule has 0 aromatic heterocycles. The molecule has 3 heteroatoms. The average Bonchev–Trinajstić information content (AvgIpc) is 2.20. The number of carbonyl (C=O) groups excluding carboxylic acids is 1. The Bertz CT molecular complexity index is 362. The van der Waals surface area contributed by atoms with Crippen molar-refractivity contribution in [2.45, 2.75) is 52.2 Å². The zero-order valence-electron chi connectivity index (χ0n) is 11.7. The van der Waals surface area contributed by atoms with Crippen LogP contribution in [0.15, 0.2) is 23.8 Å². The highest BCUT2D eigenvalue weighted by Crippen LogP contribution is 2.31. The molecule has 0 aromatic rings. The van der Waals surface area contributed by atoms with Crippen LogP contribution in [0.1, 0.15) is 40.5 Å². The van der Waals surface area contributed by atoms with E-state index in [1.54, 1.807) is 19.1 Å². The van der Waals surface area contributed by atoms with Crippen LogP contribution in [-0.2, 0) is 4.79 Å². The van der Waals surface area contributed by atoms with E-state index in [2.05, 4.69) is 0 Å². The lowest BCUT2D eigenvalue weighted by atomic mass is 9.77. The molecule has 1 aliphatic carbocycles. The van der Waals surface area contributed by atoms with Gasteiger partial charge in [0.1, 0.15) is 5.60 Å². The Labute approximate surface area is 109 Å². The van der Waals surface area contributed by atoms with Crippen molar-refractivity contribution in [2.75, 3.05) is 0 Å². The van der Waals surface area contributed by atoms with E-state index in [-0.39, 0.29) is 17.6 Å². The fourth-order valence-corrected chi connectivity index (χ4v) is 2.28. The van der Waals surface area contributed by atoms with Gasteiger partial charge in [0.05, 0.1) is 6.10 Å². The van der Waals surface area contributed by atoms with E-state index in [0.717, 1.165) is 5.57 Å². The zero-order chi connectivity index (χ0) is 13.9. The van der Waals surface area contributed by atoms with Crippen molar-refractivity contribution in [1.82, 2.24) is 0 Å². The fraction of sp³-hybridized carbons (Fsp3) is 0.667. The molecule has 3 nitrogen and oxygen atoms in total. The maximum Gasteiger partial charge on any atom is 0.155 e. The Balaban J connectivity index is 2.62. The smallest absolute Gasteiger partial charge is 0.155 e. The largest absolute Gasteiger partial charge is 0.390 e. The van der Waals surface area contributed by atoms with Crippen molar-refractivity contribution < 1.29 is 15.0 Å². The first-order chi connectivity index (χ1) is 8.22. The minimum absolute atomic E-state index is 0.128. The molecule has 0 aromatic carbocycles. The van der Waals surface area contributed by atoms with Crippen LogP contribution in [0.3, 0.4) is 0 Å². The lowest BCUT2D eigenvalue weighted by Gasteiger charge is -2.35. The monoisotopic (exact) mass is 252 g/mol. The van der Waals surface area contributed by atoms with E-state index in [0.29, 0.717) is 12.8 Å². The average molecular weight is 252 g/mol. The standard InChI is InChI=1S/C15H24O3/c1-10(2)7-13(16)8-11(3)12-5-6-15(4,18)14(17)9-12/h5-7,11-12,14,17-18H,8-9H2,1-4H3/t11-,12+,14-,15+/m0/s1. The summed E-state index contributed by atoms with van der Waals surface area (Å²) in [6.45, 7) is 7.43. The molecule has 0 saturated heterocycles. The molecule has 0 saturated carbocycles. The second-order valence-electron chi connectivity index (χ2n) is 5.87. The van der Waals surface area contributed by atoms with E-state index >= 15 is 0 Å². The summed E-state index contributed by atoms with van der Waals surface area (Å²) in [4.78, 5) is 11.7. The molecule has 0 bridgehead atoms. The van der Waals surface area contributed by atoms with Crippen LogP contribution in [0.5, 0.6) is 0 Å². The van der Waals surface area contributed by atoms with Gasteiger partial charge in [0.25, 0.3) is 0 Å². The molecule has 0 aliphatic heterocycles. The minimum Gasteiger partial charge on any atom is -0.390 e.